The lowest BCUT2D eigenvalue weighted by Crippen LogP contribution is -2.04. The smallest absolute Gasteiger partial charge is 0.308 e. The normalized spacial score (nSPS) is 12.2. The van der Waals surface area contributed by atoms with Crippen LogP contribution in [0.1, 0.15) is 18.6 Å². The van der Waals surface area contributed by atoms with Gasteiger partial charge in [-0.15, -0.1) is 0 Å². The number of hydrogen-bond acceptors (Lipinski definition) is 4. The number of benzene rings is 1. The van der Waals surface area contributed by atoms with Gasteiger partial charge in [0.15, 0.2) is 0 Å². The maximum atomic E-state index is 10.6. The van der Waals surface area contributed by atoms with Crippen molar-refractivity contribution in [3.8, 4) is 5.75 Å². The zero-order valence-electron chi connectivity index (χ0n) is 7.80. The van der Waals surface area contributed by atoms with Gasteiger partial charge in [0.2, 0.25) is 0 Å². The highest BCUT2D eigenvalue weighted by atomic mass is 16.5. The van der Waals surface area contributed by atoms with Crippen molar-refractivity contribution < 1.29 is 19.7 Å². The van der Waals surface area contributed by atoms with Crippen molar-refractivity contribution in [1.82, 2.24) is 0 Å². The lowest BCUT2D eigenvalue weighted by Gasteiger charge is -2.07. The van der Waals surface area contributed by atoms with Gasteiger partial charge >= 0.3 is 5.97 Å². The number of rotatable bonds is 3. The molecule has 0 aliphatic rings. The molecule has 0 bridgehead atoms. The van der Waals surface area contributed by atoms with E-state index in [9.17, 15) is 9.90 Å². The zero-order valence-corrected chi connectivity index (χ0v) is 7.80. The van der Waals surface area contributed by atoms with Crippen LogP contribution in [0.3, 0.4) is 0 Å². The summed E-state index contributed by atoms with van der Waals surface area (Å²) in [6.45, 7) is 0.989. The Morgan fingerprint density at radius 1 is 1.43 bits per heavy atom. The van der Waals surface area contributed by atoms with Gasteiger partial charge in [0.25, 0.3) is 0 Å². The van der Waals surface area contributed by atoms with E-state index in [0.717, 1.165) is 0 Å². The highest BCUT2D eigenvalue weighted by Gasteiger charge is 2.05. The van der Waals surface area contributed by atoms with Crippen LogP contribution >= 0.6 is 0 Å². The minimum absolute atomic E-state index is 0.326. The largest absolute Gasteiger partial charge is 0.427 e. The maximum Gasteiger partial charge on any atom is 0.308 e. The third-order valence-corrected chi connectivity index (χ3v) is 1.70. The standard InChI is InChI=1S/C10H12O4/c1-7(12)14-9-4-2-8(3-5-9)10(13)6-11/h2-5,10-11,13H,6H2,1H3. The molecule has 0 heterocycles. The Morgan fingerprint density at radius 2 is 2.00 bits per heavy atom. The van der Waals surface area contributed by atoms with E-state index in [1.807, 2.05) is 0 Å². The number of esters is 1. The summed E-state index contributed by atoms with van der Waals surface area (Å²) in [4.78, 5) is 10.6. The van der Waals surface area contributed by atoms with Crippen molar-refractivity contribution in [3.63, 3.8) is 0 Å². The van der Waals surface area contributed by atoms with Crippen molar-refractivity contribution in [2.75, 3.05) is 6.61 Å². The van der Waals surface area contributed by atoms with Crippen LogP contribution in [-0.4, -0.2) is 22.8 Å². The van der Waals surface area contributed by atoms with E-state index in [1.165, 1.54) is 6.92 Å². The Hall–Kier alpha value is -1.39. The lowest BCUT2D eigenvalue weighted by atomic mass is 10.1. The van der Waals surface area contributed by atoms with Crippen molar-refractivity contribution in [2.24, 2.45) is 0 Å². The molecule has 0 saturated carbocycles. The molecule has 1 aromatic rings. The van der Waals surface area contributed by atoms with Gasteiger partial charge in [-0.05, 0) is 17.7 Å². The van der Waals surface area contributed by atoms with E-state index in [2.05, 4.69) is 0 Å². The highest BCUT2D eigenvalue weighted by Crippen LogP contribution is 2.17. The molecule has 4 heteroatoms. The first kappa shape index (κ1) is 10.7. The van der Waals surface area contributed by atoms with Gasteiger partial charge in [0.05, 0.1) is 6.61 Å². The molecule has 2 N–H and O–H groups in total. The number of carbonyl (C=O) groups is 1. The maximum absolute atomic E-state index is 10.6. The van der Waals surface area contributed by atoms with Gasteiger partial charge in [-0.3, -0.25) is 4.79 Å². The molecule has 0 radical (unpaired) electrons. The second-order valence-electron chi connectivity index (χ2n) is 2.86. The Morgan fingerprint density at radius 3 is 2.43 bits per heavy atom. The quantitative estimate of drug-likeness (QED) is 0.550. The minimum Gasteiger partial charge on any atom is -0.427 e. The molecular formula is C10H12O4. The summed E-state index contributed by atoms with van der Waals surface area (Å²) in [5.41, 5.74) is 0.586. The van der Waals surface area contributed by atoms with Gasteiger partial charge in [0.1, 0.15) is 11.9 Å². The van der Waals surface area contributed by atoms with Crippen LogP contribution in [0.4, 0.5) is 0 Å². The molecule has 4 nitrogen and oxygen atoms in total. The number of aliphatic hydroxyl groups is 2. The summed E-state index contributed by atoms with van der Waals surface area (Å²) < 4.78 is 4.80. The second kappa shape index (κ2) is 4.74. The molecule has 76 valence electrons. The molecular weight excluding hydrogens is 184 g/mol. The van der Waals surface area contributed by atoms with Gasteiger partial charge < -0.3 is 14.9 Å². The summed E-state index contributed by atoms with van der Waals surface area (Å²) in [5, 5.41) is 17.9. The highest BCUT2D eigenvalue weighted by molar-refractivity contribution is 5.69. The second-order valence-corrected chi connectivity index (χ2v) is 2.86. The molecule has 1 unspecified atom stereocenters. The molecule has 1 rings (SSSR count). The molecule has 0 aliphatic carbocycles. The molecule has 0 saturated heterocycles. The predicted molar refractivity (Wildman–Crippen MR) is 49.8 cm³/mol. The first-order valence-corrected chi connectivity index (χ1v) is 4.21. The summed E-state index contributed by atoms with van der Waals surface area (Å²) >= 11 is 0. The Balaban J connectivity index is 2.73. The van der Waals surface area contributed by atoms with Crippen LogP contribution in [0.2, 0.25) is 0 Å². The molecule has 0 aromatic heterocycles. The van der Waals surface area contributed by atoms with E-state index in [1.54, 1.807) is 24.3 Å². The third kappa shape index (κ3) is 2.83. The van der Waals surface area contributed by atoms with Crippen molar-refractivity contribution >= 4 is 5.97 Å². The Kier molecular flexibility index (Phi) is 3.62. The zero-order chi connectivity index (χ0) is 10.6. The topological polar surface area (TPSA) is 66.8 Å². The third-order valence-electron chi connectivity index (χ3n) is 1.70. The summed E-state index contributed by atoms with van der Waals surface area (Å²) in [6, 6.07) is 6.32. The van der Waals surface area contributed by atoms with Crippen LogP contribution in [0.25, 0.3) is 0 Å². The van der Waals surface area contributed by atoms with E-state index in [0.29, 0.717) is 11.3 Å². The average molecular weight is 196 g/mol. The first-order chi connectivity index (χ1) is 6.63. The number of ether oxygens (including phenoxy) is 1. The summed E-state index contributed by atoms with van der Waals surface area (Å²) in [6.07, 6.45) is -0.888. The number of carbonyl (C=O) groups excluding carboxylic acids is 1. The van der Waals surface area contributed by atoms with Crippen molar-refractivity contribution in [1.29, 1.82) is 0 Å². The van der Waals surface area contributed by atoms with Crippen LogP contribution in [-0.2, 0) is 4.79 Å². The Labute approximate surface area is 81.8 Å². The Bertz CT molecular complexity index is 304. The van der Waals surface area contributed by atoms with E-state index >= 15 is 0 Å². The van der Waals surface area contributed by atoms with E-state index < -0.39 is 6.10 Å². The van der Waals surface area contributed by atoms with Gasteiger partial charge in [-0.1, -0.05) is 12.1 Å². The van der Waals surface area contributed by atoms with E-state index in [-0.39, 0.29) is 12.6 Å². The molecule has 1 aromatic carbocycles. The lowest BCUT2D eigenvalue weighted by molar-refractivity contribution is -0.131. The fraction of sp³-hybridized carbons (Fsp3) is 0.300. The fourth-order valence-electron chi connectivity index (χ4n) is 1.03. The van der Waals surface area contributed by atoms with Crippen LogP contribution in [0, 0.1) is 0 Å². The number of aliphatic hydroxyl groups excluding tert-OH is 2. The first-order valence-electron chi connectivity index (χ1n) is 4.21. The molecule has 0 fully saturated rings. The molecule has 1 atom stereocenters. The van der Waals surface area contributed by atoms with Crippen LogP contribution in [0.5, 0.6) is 5.75 Å². The van der Waals surface area contributed by atoms with Crippen molar-refractivity contribution in [3.05, 3.63) is 29.8 Å². The fourth-order valence-corrected chi connectivity index (χ4v) is 1.03. The molecule has 0 aliphatic heterocycles. The van der Waals surface area contributed by atoms with Gasteiger partial charge in [0, 0.05) is 6.92 Å². The SMILES string of the molecule is CC(=O)Oc1ccc(C(O)CO)cc1. The minimum atomic E-state index is -0.888. The van der Waals surface area contributed by atoms with Gasteiger partial charge in [-0.2, -0.15) is 0 Å². The average Bonchev–Trinajstić information content (AvgIpc) is 2.17. The summed E-state index contributed by atoms with van der Waals surface area (Å²) in [5.74, 6) is 0.0341. The summed E-state index contributed by atoms with van der Waals surface area (Å²) in [7, 11) is 0. The van der Waals surface area contributed by atoms with Crippen LogP contribution in [0.15, 0.2) is 24.3 Å². The molecule has 0 spiro atoms. The molecule has 0 amide bonds. The van der Waals surface area contributed by atoms with Crippen LogP contribution < -0.4 is 4.74 Å². The van der Waals surface area contributed by atoms with Crippen molar-refractivity contribution in [2.45, 2.75) is 13.0 Å². The van der Waals surface area contributed by atoms with Gasteiger partial charge in [-0.25, -0.2) is 0 Å². The molecule has 14 heavy (non-hydrogen) atoms. The monoisotopic (exact) mass is 196 g/mol. The van der Waals surface area contributed by atoms with E-state index in [4.69, 9.17) is 9.84 Å². The number of hydrogen-bond donors (Lipinski definition) is 2. The predicted octanol–water partition coefficient (Wildman–Crippen LogP) is 0.638.